The molecule has 0 saturated heterocycles. The normalized spacial score (nSPS) is 11.5. The van der Waals surface area contributed by atoms with Crippen LogP contribution in [0.15, 0.2) is 34.6 Å². The molecule has 1 heterocycles. The molecule has 6 heteroatoms. The van der Waals surface area contributed by atoms with E-state index in [9.17, 15) is 0 Å². The first-order valence-corrected chi connectivity index (χ1v) is 8.60. The molecule has 22 heavy (non-hydrogen) atoms. The zero-order valence-electron chi connectivity index (χ0n) is 12.9. The third kappa shape index (κ3) is 5.00. The fraction of sp³-hybridized carbons (Fsp3) is 0.375. The fourth-order valence-electron chi connectivity index (χ4n) is 1.98. The minimum atomic E-state index is 0.649. The SMILES string of the molecule is CCc1nc(CCNC(=NC)NCc2ccccc2Cl)cs1. The van der Waals surface area contributed by atoms with Gasteiger partial charge in [-0.15, -0.1) is 11.3 Å². The average molecular weight is 337 g/mol. The molecule has 0 unspecified atom stereocenters. The van der Waals surface area contributed by atoms with Crippen LogP contribution in [-0.2, 0) is 19.4 Å². The Labute approximate surface area is 140 Å². The summed E-state index contributed by atoms with van der Waals surface area (Å²) in [5.41, 5.74) is 2.19. The van der Waals surface area contributed by atoms with Crippen LogP contribution in [0.3, 0.4) is 0 Å². The second-order valence-corrected chi connectivity index (χ2v) is 6.13. The molecule has 0 aliphatic carbocycles. The summed E-state index contributed by atoms with van der Waals surface area (Å²) in [4.78, 5) is 8.78. The van der Waals surface area contributed by atoms with Crippen molar-refractivity contribution >= 4 is 28.9 Å². The van der Waals surface area contributed by atoms with E-state index in [0.717, 1.165) is 41.6 Å². The fourth-order valence-corrected chi connectivity index (χ4v) is 2.96. The summed E-state index contributed by atoms with van der Waals surface area (Å²) in [5, 5.41) is 10.6. The lowest BCUT2D eigenvalue weighted by atomic mass is 10.2. The summed E-state index contributed by atoms with van der Waals surface area (Å²) in [5.74, 6) is 0.769. The third-order valence-electron chi connectivity index (χ3n) is 3.20. The number of aromatic nitrogens is 1. The summed E-state index contributed by atoms with van der Waals surface area (Å²) in [6.07, 6.45) is 1.89. The highest BCUT2D eigenvalue weighted by Crippen LogP contribution is 2.14. The highest BCUT2D eigenvalue weighted by atomic mass is 35.5. The van der Waals surface area contributed by atoms with Crippen molar-refractivity contribution in [1.82, 2.24) is 15.6 Å². The molecule has 0 aliphatic heterocycles. The van der Waals surface area contributed by atoms with Gasteiger partial charge in [0.15, 0.2) is 5.96 Å². The number of aliphatic imine (C=N–C) groups is 1. The Hall–Kier alpha value is -1.59. The van der Waals surface area contributed by atoms with E-state index >= 15 is 0 Å². The first-order chi connectivity index (χ1) is 10.7. The predicted molar refractivity (Wildman–Crippen MR) is 94.8 cm³/mol. The quantitative estimate of drug-likeness (QED) is 0.628. The smallest absolute Gasteiger partial charge is 0.191 e. The second-order valence-electron chi connectivity index (χ2n) is 4.78. The Bertz CT molecular complexity index is 624. The second kappa shape index (κ2) is 8.76. The topological polar surface area (TPSA) is 49.3 Å². The molecule has 4 nitrogen and oxygen atoms in total. The van der Waals surface area contributed by atoms with Crippen LogP contribution in [0.5, 0.6) is 0 Å². The number of halogens is 1. The molecule has 2 aromatic rings. The van der Waals surface area contributed by atoms with Crippen LogP contribution in [0.2, 0.25) is 5.02 Å². The van der Waals surface area contributed by atoms with Gasteiger partial charge in [-0.05, 0) is 18.1 Å². The van der Waals surface area contributed by atoms with E-state index in [1.54, 1.807) is 18.4 Å². The maximum atomic E-state index is 6.14. The number of hydrogen-bond acceptors (Lipinski definition) is 3. The molecule has 0 amide bonds. The number of nitrogens with one attached hydrogen (secondary N) is 2. The van der Waals surface area contributed by atoms with Crippen LogP contribution in [0, 0.1) is 0 Å². The van der Waals surface area contributed by atoms with Gasteiger partial charge in [-0.3, -0.25) is 4.99 Å². The zero-order valence-corrected chi connectivity index (χ0v) is 14.5. The molecule has 0 atom stereocenters. The lowest BCUT2D eigenvalue weighted by Gasteiger charge is -2.12. The van der Waals surface area contributed by atoms with Gasteiger partial charge in [-0.1, -0.05) is 36.7 Å². The molecule has 118 valence electrons. The van der Waals surface area contributed by atoms with E-state index in [0.29, 0.717) is 6.54 Å². The van der Waals surface area contributed by atoms with Gasteiger partial charge < -0.3 is 10.6 Å². The Morgan fingerprint density at radius 2 is 2.14 bits per heavy atom. The van der Waals surface area contributed by atoms with E-state index in [2.05, 4.69) is 32.9 Å². The summed E-state index contributed by atoms with van der Waals surface area (Å²) in [6.45, 7) is 3.58. The van der Waals surface area contributed by atoms with Gasteiger partial charge in [0, 0.05) is 37.0 Å². The van der Waals surface area contributed by atoms with E-state index in [1.807, 2.05) is 24.3 Å². The van der Waals surface area contributed by atoms with E-state index < -0.39 is 0 Å². The number of hydrogen-bond donors (Lipinski definition) is 2. The molecule has 0 radical (unpaired) electrons. The lowest BCUT2D eigenvalue weighted by molar-refractivity contribution is 0.785. The molecule has 0 aliphatic rings. The van der Waals surface area contributed by atoms with Crippen molar-refractivity contribution < 1.29 is 0 Å². The summed E-state index contributed by atoms with van der Waals surface area (Å²) in [7, 11) is 1.76. The molecular weight excluding hydrogens is 316 g/mol. The number of benzene rings is 1. The number of guanidine groups is 1. The van der Waals surface area contributed by atoms with Gasteiger partial charge in [-0.2, -0.15) is 0 Å². The van der Waals surface area contributed by atoms with Crippen LogP contribution < -0.4 is 10.6 Å². The third-order valence-corrected chi connectivity index (χ3v) is 4.61. The number of nitrogens with zero attached hydrogens (tertiary/aromatic N) is 2. The molecule has 0 spiro atoms. The van der Waals surface area contributed by atoms with Gasteiger partial charge in [0.25, 0.3) is 0 Å². The van der Waals surface area contributed by atoms with Crippen LogP contribution in [0.4, 0.5) is 0 Å². The average Bonchev–Trinajstić information content (AvgIpc) is 3.00. The molecule has 0 saturated carbocycles. The maximum Gasteiger partial charge on any atom is 0.191 e. The predicted octanol–water partition coefficient (Wildman–Crippen LogP) is 3.27. The minimum absolute atomic E-state index is 0.649. The van der Waals surface area contributed by atoms with Gasteiger partial charge in [0.05, 0.1) is 10.7 Å². The first kappa shape index (κ1) is 16.8. The number of rotatable bonds is 6. The van der Waals surface area contributed by atoms with Crippen molar-refractivity contribution in [3.63, 3.8) is 0 Å². The molecule has 2 rings (SSSR count). The zero-order chi connectivity index (χ0) is 15.8. The summed E-state index contributed by atoms with van der Waals surface area (Å²) < 4.78 is 0. The van der Waals surface area contributed by atoms with Crippen LogP contribution in [0.25, 0.3) is 0 Å². The van der Waals surface area contributed by atoms with Gasteiger partial charge in [-0.25, -0.2) is 4.98 Å². The molecule has 2 N–H and O–H groups in total. The first-order valence-electron chi connectivity index (χ1n) is 7.34. The Balaban J connectivity index is 1.77. The van der Waals surface area contributed by atoms with Crippen LogP contribution in [0.1, 0.15) is 23.2 Å². The minimum Gasteiger partial charge on any atom is -0.356 e. The Kier molecular flexibility index (Phi) is 6.68. The van der Waals surface area contributed by atoms with Crippen molar-refractivity contribution in [3.8, 4) is 0 Å². The standard InChI is InChI=1S/C16H21ClN4S/c1-3-15-21-13(11-22-15)8-9-19-16(18-2)20-10-12-6-4-5-7-14(12)17/h4-7,11H,3,8-10H2,1-2H3,(H2,18,19,20). The van der Waals surface area contributed by atoms with Crippen LogP contribution in [-0.4, -0.2) is 24.5 Å². The molecule has 0 fully saturated rings. The monoisotopic (exact) mass is 336 g/mol. The van der Waals surface area contributed by atoms with Gasteiger partial charge in [0.2, 0.25) is 0 Å². The Morgan fingerprint density at radius 3 is 2.82 bits per heavy atom. The number of aryl methyl sites for hydroxylation is 1. The van der Waals surface area contributed by atoms with E-state index in [-0.39, 0.29) is 0 Å². The molecule has 1 aromatic carbocycles. The van der Waals surface area contributed by atoms with E-state index in [1.165, 1.54) is 5.01 Å². The molecular formula is C16H21ClN4S. The highest BCUT2D eigenvalue weighted by Gasteiger charge is 2.03. The van der Waals surface area contributed by atoms with Gasteiger partial charge in [0.1, 0.15) is 0 Å². The summed E-state index contributed by atoms with van der Waals surface area (Å²) in [6, 6.07) is 7.80. The Morgan fingerprint density at radius 1 is 1.32 bits per heavy atom. The molecule has 0 bridgehead atoms. The van der Waals surface area contributed by atoms with Crippen molar-refractivity contribution in [3.05, 3.63) is 50.9 Å². The highest BCUT2D eigenvalue weighted by molar-refractivity contribution is 7.09. The van der Waals surface area contributed by atoms with Crippen molar-refractivity contribution in [2.75, 3.05) is 13.6 Å². The molecule has 1 aromatic heterocycles. The van der Waals surface area contributed by atoms with E-state index in [4.69, 9.17) is 11.6 Å². The largest absolute Gasteiger partial charge is 0.356 e. The van der Waals surface area contributed by atoms with Crippen molar-refractivity contribution in [2.45, 2.75) is 26.3 Å². The van der Waals surface area contributed by atoms with Crippen LogP contribution >= 0.6 is 22.9 Å². The summed E-state index contributed by atoms with van der Waals surface area (Å²) >= 11 is 7.87. The van der Waals surface area contributed by atoms with Gasteiger partial charge >= 0.3 is 0 Å². The maximum absolute atomic E-state index is 6.14. The van der Waals surface area contributed by atoms with Crippen molar-refractivity contribution in [1.29, 1.82) is 0 Å². The van der Waals surface area contributed by atoms with Crippen molar-refractivity contribution in [2.24, 2.45) is 4.99 Å². The number of thiazole rings is 1. The lowest BCUT2D eigenvalue weighted by Crippen LogP contribution is -2.37.